The van der Waals surface area contributed by atoms with Crippen molar-refractivity contribution < 1.29 is 39.3 Å². The van der Waals surface area contributed by atoms with Gasteiger partial charge in [0, 0.05) is 44.5 Å². The van der Waals surface area contributed by atoms with Crippen molar-refractivity contribution in [1.29, 1.82) is 0 Å². The standard InChI is InChI=1S/C39H56N6O9/c1-21(25-7-8-26-34-27(13-15-39(25,26)3)38(2)14-12-24(46)17-22(38)18-31(34)47)6-11-33(49)44-20-23(19-30(44)37(50)51)41-32(48)5-4-16-40-28-9-10-29(45(52)53)36-35(28)42-54-43-36/h9-10,21-27,30-31,34,40,46-47H,4-8,11-20H2,1-3H3,(H,41,48)(H,50,51)/t21-,22?,23+,24-,25-,26?,27?,30+,31+,34?,38+,39-/m1/s1. The summed E-state index contributed by atoms with van der Waals surface area (Å²) < 4.78 is 4.69. The molecule has 2 heterocycles. The molecule has 0 bridgehead atoms. The number of carbonyl (C=O) groups excluding carboxylic acids is 2. The predicted octanol–water partition coefficient (Wildman–Crippen LogP) is 4.90. The van der Waals surface area contributed by atoms with Crippen LogP contribution in [0.3, 0.4) is 0 Å². The molecular formula is C39H56N6O9. The lowest BCUT2D eigenvalue weighted by atomic mass is 9.43. The van der Waals surface area contributed by atoms with E-state index in [9.17, 15) is 39.8 Å². The van der Waals surface area contributed by atoms with E-state index in [1.165, 1.54) is 17.0 Å². The normalized spacial score (nSPS) is 36.5. The largest absolute Gasteiger partial charge is 0.480 e. The number of benzene rings is 1. The Bertz CT molecular complexity index is 1750. The van der Waals surface area contributed by atoms with Gasteiger partial charge in [-0.25, -0.2) is 9.42 Å². The molecule has 1 aromatic carbocycles. The van der Waals surface area contributed by atoms with Crippen molar-refractivity contribution in [2.24, 2.45) is 46.3 Å². The van der Waals surface area contributed by atoms with Crippen molar-refractivity contribution in [3.05, 3.63) is 22.2 Å². The number of aliphatic hydroxyl groups excluding tert-OH is 2. The molecule has 4 unspecified atom stereocenters. The van der Waals surface area contributed by atoms with Gasteiger partial charge in [0.2, 0.25) is 17.3 Å². The molecule has 2 amide bonds. The molecule has 1 saturated heterocycles. The minimum Gasteiger partial charge on any atom is -0.480 e. The van der Waals surface area contributed by atoms with Crippen molar-refractivity contribution in [1.82, 2.24) is 20.5 Å². The number of carboxylic acids is 1. The predicted molar refractivity (Wildman–Crippen MR) is 197 cm³/mol. The summed E-state index contributed by atoms with van der Waals surface area (Å²) in [5, 5.41) is 56.6. The first-order chi connectivity index (χ1) is 25.7. The number of nitrogens with one attached hydrogen (secondary N) is 2. The van der Waals surface area contributed by atoms with E-state index >= 15 is 0 Å². The van der Waals surface area contributed by atoms with Crippen LogP contribution < -0.4 is 10.6 Å². The zero-order valence-corrected chi connectivity index (χ0v) is 31.6. The van der Waals surface area contributed by atoms with Gasteiger partial charge in [-0.15, -0.1) is 0 Å². The Morgan fingerprint density at radius 3 is 2.52 bits per heavy atom. The number of rotatable bonds is 12. The molecule has 1 aromatic heterocycles. The minimum absolute atomic E-state index is 0.0316. The first-order valence-electron chi connectivity index (χ1n) is 20.0. The third kappa shape index (κ3) is 6.94. The molecule has 5 aliphatic rings. The third-order valence-electron chi connectivity index (χ3n) is 15.0. The summed E-state index contributed by atoms with van der Waals surface area (Å²) in [7, 11) is 0. The fourth-order valence-corrected chi connectivity index (χ4v) is 12.2. The van der Waals surface area contributed by atoms with Crippen LogP contribution in [0.5, 0.6) is 0 Å². The van der Waals surface area contributed by atoms with Crippen LogP contribution in [0.4, 0.5) is 11.4 Å². The van der Waals surface area contributed by atoms with E-state index in [1.807, 2.05) is 0 Å². The maximum absolute atomic E-state index is 13.6. The van der Waals surface area contributed by atoms with Crippen LogP contribution >= 0.6 is 0 Å². The van der Waals surface area contributed by atoms with E-state index in [1.54, 1.807) is 0 Å². The van der Waals surface area contributed by atoms with Gasteiger partial charge in [-0.1, -0.05) is 20.8 Å². The SMILES string of the molecule is C[C@H](CCC(=O)N1C[C@@H](NC(=O)CCCNc2ccc([N+](=O)[O-])c3nonc23)C[C@H]1C(=O)O)[C@H]1CCC2C3C(CC[C@@]21C)[C@@]1(C)CC[C@@H](O)CC1C[C@@H]3O. The Morgan fingerprint density at radius 2 is 1.76 bits per heavy atom. The van der Waals surface area contributed by atoms with Crippen LogP contribution in [0.15, 0.2) is 16.8 Å². The van der Waals surface area contributed by atoms with E-state index < -0.39 is 23.0 Å². The molecule has 296 valence electrons. The van der Waals surface area contributed by atoms with Crippen LogP contribution in [0.2, 0.25) is 0 Å². The van der Waals surface area contributed by atoms with Crippen molar-refractivity contribution in [3.8, 4) is 0 Å². The van der Waals surface area contributed by atoms with Gasteiger partial charge in [-0.05, 0) is 127 Å². The van der Waals surface area contributed by atoms with Crippen LogP contribution in [0.1, 0.15) is 104 Å². The number of amides is 2. The topological polar surface area (TPSA) is 221 Å². The van der Waals surface area contributed by atoms with Gasteiger partial charge in [0.1, 0.15) is 6.04 Å². The lowest BCUT2D eigenvalue weighted by molar-refractivity contribution is -0.383. The summed E-state index contributed by atoms with van der Waals surface area (Å²) in [5.74, 6) is 0.748. The molecule has 1 aliphatic heterocycles. The molecule has 5 fully saturated rings. The summed E-state index contributed by atoms with van der Waals surface area (Å²) in [6, 6.07) is 1.36. The van der Waals surface area contributed by atoms with Gasteiger partial charge >= 0.3 is 11.7 Å². The van der Waals surface area contributed by atoms with Crippen LogP contribution in [0.25, 0.3) is 11.0 Å². The molecule has 0 radical (unpaired) electrons. The van der Waals surface area contributed by atoms with Gasteiger partial charge in [-0.3, -0.25) is 19.7 Å². The quantitative estimate of drug-likeness (QED) is 0.111. The van der Waals surface area contributed by atoms with Gasteiger partial charge in [0.25, 0.3) is 0 Å². The second kappa shape index (κ2) is 15.0. The van der Waals surface area contributed by atoms with Gasteiger partial charge < -0.3 is 30.9 Å². The van der Waals surface area contributed by atoms with E-state index in [4.69, 9.17) is 0 Å². The number of nitro benzene ring substituents is 1. The van der Waals surface area contributed by atoms with Crippen molar-refractivity contribution in [2.75, 3.05) is 18.4 Å². The molecule has 0 spiro atoms. The number of aromatic nitrogens is 2. The van der Waals surface area contributed by atoms with E-state index in [0.717, 1.165) is 51.4 Å². The zero-order chi connectivity index (χ0) is 38.5. The fourth-order valence-electron chi connectivity index (χ4n) is 12.2. The maximum Gasteiger partial charge on any atom is 0.326 e. The number of carbonyl (C=O) groups is 3. The summed E-state index contributed by atoms with van der Waals surface area (Å²) in [6.45, 7) is 7.59. The number of anilines is 1. The van der Waals surface area contributed by atoms with Gasteiger partial charge in [-0.2, -0.15) is 0 Å². The van der Waals surface area contributed by atoms with E-state index in [0.29, 0.717) is 48.7 Å². The summed E-state index contributed by atoms with van der Waals surface area (Å²) in [6.07, 6.45) is 8.91. The van der Waals surface area contributed by atoms with E-state index in [2.05, 4.69) is 46.3 Å². The Balaban J connectivity index is 0.892. The van der Waals surface area contributed by atoms with Crippen LogP contribution in [0, 0.1) is 56.5 Å². The molecule has 4 saturated carbocycles. The summed E-state index contributed by atoms with van der Waals surface area (Å²) in [4.78, 5) is 50.8. The molecule has 15 nitrogen and oxygen atoms in total. The second-order valence-electron chi connectivity index (χ2n) is 17.8. The van der Waals surface area contributed by atoms with Crippen molar-refractivity contribution in [2.45, 2.75) is 129 Å². The smallest absolute Gasteiger partial charge is 0.326 e. The second-order valence-corrected chi connectivity index (χ2v) is 17.8. The average molecular weight is 753 g/mol. The number of nitro groups is 1. The number of nitrogens with zero attached hydrogens (tertiary/aromatic N) is 4. The molecule has 2 aromatic rings. The molecule has 4 aliphatic carbocycles. The van der Waals surface area contributed by atoms with Crippen molar-refractivity contribution >= 4 is 40.2 Å². The highest BCUT2D eigenvalue weighted by atomic mass is 16.6. The fraction of sp³-hybridized carbons (Fsp3) is 0.769. The molecule has 7 rings (SSSR count). The molecule has 15 heteroatoms. The Labute approximate surface area is 315 Å². The highest BCUT2D eigenvalue weighted by molar-refractivity contribution is 5.93. The number of non-ortho nitro benzene ring substituents is 1. The first-order valence-corrected chi connectivity index (χ1v) is 20.0. The minimum atomic E-state index is -1.08. The number of aliphatic hydroxyl groups is 2. The van der Waals surface area contributed by atoms with Gasteiger partial charge in [0.05, 0.1) is 22.8 Å². The van der Waals surface area contributed by atoms with Crippen molar-refractivity contribution in [3.63, 3.8) is 0 Å². The molecule has 12 atom stereocenters. The lowest BCUT2D eigenvalue weighted by Gasteiger charge is -2.62. The van der Waals surface area contributed by atoms with Gasteiger partial charge in [0.15, 0.2) is 5.52 Å². The highest BCUT2D eigenvalue weighted by Crippen LogP contribution is 2.68. The number of hydrogen-bond donors (Lipinski definition) is 5. The Hall–Kier alpha value is -3.85. The monoisotopic (exact) mass is 752 g/mol. The number of hydrogen-bond acceptors (Lipinski definition) is 11. The highest BCUT2D eigenvalue weighted by Gasteiger charge is 2.63. The zero-order valence-electron chi connectivity index (χ0n) is 31.6. The first kappa shape index (κ1) is 38.4. The molecule has 5 N–H and O–H groups in total. The lowest BCUT2D eigenvalue weighted by Crippen LogP contribution is -2.58. The van der Waals surface area contributed by atoms with Crippen LogP contribution in [-0.4, -0.2) is 90.6 Å². The Kier molecular flexibility index (Phi) is 10.7. The number of aliphatic carboxylic acids is 1. The summed E-state index contributed by atoms with van der Waals surface area (Å²) in [5.41, 5.74) is 0.791. The number of fused-ring (bicyclic) bond motifs is 6. The summed E-state index contributed by atoms with van der Waals surface area (Å²) >= 11 is 0. The van der Waals surface area contributed by atoms with E-state index in [-0.39, 0.29) is 89.2 Å². The molecular weight excluding hydrogens is 696 g/mol. The maximum atomic E-state index is 13.6. The van der Waals surface area contributed by atoms with Crippen LogP contribution in [-0.2, 0) is 14.4 Å². The number of carboxylic acid groups (broad SMARTS) is 1. The number of likely N-dealkylation sites (tertiary alicyclic amines) is 1. The average Bonchev–Trinajstić information content (AvgIpc) is 3.87. The Morgan fingerprint density at radius 1 is 1.02 bits per heavy atom. The third-order valence-corrected chi connectivity index (χ3v) is 15.0. The molecule has 54 heavy (non-hydrogen) atoms.